The molecule has 1 unspecified atom stereocenters. The summed E-state index contributed by atoms with van der Waals surface area (Å²) in [6.07, 6.45) is 3.19. The van der Waals surface area contributed by atoms with Gasteiger partial charge in [-0.3, -0.25) is 4.79 Å². The van der Waals surface area contributed by atoms with E-state index in [1.165, 1.54) is 13.4 Å². The van der Waals surface area contributed by atoms with Crippen molar-refractivity contribution in [3.8, 4) is 0 Å². The summed E-state index contributed by atoms with van der Waals surface area (Å²) in [4.78, 5) is 26.6. The molecule has 2 aromatic heterocycles. The summed E-state index contributed by atoms with van der Waals surface area (Å²) >= 11 is 0. The molecular weight excluding hydrogens is 326 g/mol. The van der Waals surface area contributed by atoms with Crippen molar-refractivity contribution in [1.29, 1.82) is 0 Å². The number of hydrogen-bond acceptors (Lipinski definition) is 8. The zero-order valence-electron chi connectivity index (χ0n) is 14.7. The van der Waals surface area contributed by atoms with Crippen molar-refractivity contribution in [2.75, 3.05) is 45.4 Å². The fourth-order valence-electron chi connectivity index (χ4n) is 3.02. The van der Waals surface area contributed by atoms with E-state index < -0.39 is 0 Å². The number of aliphatic hydroxyl groups is 1. The number of rotatable bonds is 7. The second-order valence-electron chi connectivity index (χ2n) is 6.70. The molecule has 0 spiro atoms. The van der Waals surface area contributed by atoms with Crippen molar-refractivity contribution in [3.63, 3.8) is 0 Å². The van der Waals surface area contributed by atoms with Crippen molar-refractivity contribution in [3.05, 3.63) is 12.7 Å². The Balaban J connectivity index is 1.84. The minimum Gasteiger partial charge on any atom is -0.469 e. The summed E-state index contributed by atoms with van der Waals surface area (Å²) in [5.41, 5.74) is 1.09. The zero-order chi connectivity index (χ0) is 18.0. The molecule has 0 aromatic carbocycles. The van der Waals surface area contributed by atoms with Crippen LogP contribution in [0.5, 0.6) is 0 Å². The molecule has 3 rings (SSSR count). The van der Waals surface area contributed by atoms with Crippen LogP contribution in [0.1, 0.15) is 6.92 Å². The third-order valence-electron chi connectivity index (χ3n) is 4.55. The Labute approximate surface area is 145 Å². The lowest BCUT2D eigenvalue weighted by Crippen LogP contribution is -2.48. The van der Waals surface area contributed by atoms with Crippen molar-refractivity contribution < 1.29 is 19.4 Å². The fourth-order valence-corrected chi connectivity index (χ4v) is 3.02. The van der Waals surface area contributed by atoms with E-state index in [-0.39, 0.29) is 23.9 Å². The second-order valence-corrected chi connectivity index (χ2v) is 6.70. The lowest BCUT2D eigenvalue weighted by Gasteiger charge is -2.39. The van der Waals surface area contributed by atoms with Crippen molar-refractivity contribution in [1.82, 2.24) is 19.5 Å². The smallest absolute Gasteiger partial charge is 0.310 e. The van der Waals surface area contributed by atoms with Gasteiger partial charge in [0.25, 0.3) is 0 Å². The molecule has 1 atom stereocenters. The average molecular weight is 349 g/mol. The molecule has 3 heterocycles. The molecular formula is C16H23N5O4. The number of methoxy groups -OCH3 is 1. The molecule has 2 aromatic rings. The zero-order valence-corrected chi connectivity index (χ0v) is 14.7. The van der Waals surface area contributed by atoms with Gasteiger partial charge in [-0.05, 0) is 0 Å². The van der Waals surface area contributed by atoms with Gasteiger partial charge in [0.15, 0.2) is 17.0 Å². The molecule has 1 aliphatic heterocycles. The van der Waals surface area contributed by atoms with Crippen LogP contribution in [0.4, 0.5) is 5.82 Å². The van der Waals surface area contributed by atoms with E-state index in [4.69, 9.17) is 9.47 Å². The first-order valence-electron chi connectivity index (χ1n) is 8.13. The first-order valence-corrected chi connectivity index (χ1v) is 8.13. The van der Waals surface area contributed by atoms with E-state index >= 15 is 0 Å². The Morgan fingerprint density at radius 3 is 2.84 bits per heavy atom. The monoisotopic (exact) mass is 349 g/mol. The van der Waals surface area contributed by atoms with Crippen LogP contribution in [0.15, 0.2) is 12.7 Å². The largest absolute Gasteiger partial charge is 0.469 e. The van der Waals surface area contributed by atoms with Crippen molar-refractivity contribution in [2.45, 2.75) is 13.5 Å². The molecule has 1 saturated heterocycles. The van der Waals surface area contributed by atoms with Crippen LogP contribution in [-0.2, 0) is 20.8 Å². The molecule has 1 fully saturated rings. The topological polar surface area (TPSA) is 103 Å². The molecule has 0 bridgehead atoms. The van der Waals surface area contributed by atoms with E-state index in [1.54, 1.807) is 13.3 Å². The summed E-state index contributed by atoms with van der Waals surface area (Å²) in [6.45, 7) is 3.95. The number of imidazole rings is 1. The van der Waals surface area contributed by atoms with Crippen LogP contribution in [-0.4, -0.2) is 71.1 Å². The van der Waals surface area contributed by atoms with Crippen LogP contribution >= 0.6 is 0 Å². The van der Waals surface area contributed by atoms with Gasteiger partial charge in [-0.2, -0.15) is 0 Å². The Bertz CT molecular complexity index is 753. The SMILES string of the molecule is COC(=O)C(C)CN(C)c1ncnc2c1ncn2CC1(CO)COC1. The van der Waals surface area contributed by atoms with E-state index in [0.29, 0.717) is 43.3 Å². The molecule has 0 aliphatic carbocycles. The van der Waals surface area contributed by atoms with Gasteiger partial charge in [-0.1, -0.05) is 6.92 Å². The Hall–Kier alpha value is -2.26. The van der Waals surface area contributed by atoms with Crippen LogP contribution in [0.25, 0.3) is 11.2 Å². The normalized spacial score (nSPS) is 17.1. The lowest BCUT2D eigenvalue weighted by atomic mass is 9.87. The lowest BCUT2D eigenvalue weighted by molar-refractivity contribution is -0.144. The third kappa shape index (κ3) is 3.29. The number of aliphatic hydroxyl groups excluding tert-OH is 1. The second kappa shape index (κ2) is 6.93. The predicted molar refractivity (Wildman–Crippen MR) is 90.1 cm³/mol. The van der Waals surface area contributed by atoms with E-state index in [9.17, 15) is 9.90 Å². The van der Waals surface area contributed by atoms with E-state index in [2.05, 4.69) is 15.0 Å². The Morgan fingerprint density at radius 2 is 2.24 bits per heavy atom. The highest BCUT2D eigenvalue weighted by molar-refractivity contribution is 5.83. The highest BCUT2D eigenvalue weighted by Gasteiger charge is 2.39. The highest BCUT2D eigenvalue weighted by Crippen LogP contribution is 2.31. The maximum atomic E-state index is 11.6. The van der Waals surface area contributed by atoms with Crippen LogP contribution in [0.2, 0.25) is 0 Å². The molecule has 0 radical (unpaired) electrons. The molecule has 1 aliphatic rings. The molecule has 0 saturated carbocycles. The molecule has 1 N–H and O–H groups in total. The molecule has 9 nitrogen and oxygen atoms in total. The quantitative estimate of drug-likeness (QED) is 0.701. The molecule has 136 valence electrons. The third-order valence-corrected chi connectivity index (χ3v) is 4.55. The van der Waals surface area contributed by atoms with Gasteiger partial charge in [-0.15, -0.1) is 0 Å². The summed E-state index contributed by atoms with van der Waals surface area (Å²) in [7, 11) is 3.24. The maximum absolute atomic E-state index is 11.6. The molecule has 25 heavy (non-hydrogen) atoms. The van der Waals surface area contributed by atoms with Gasteiger partial charge in [0, 0.05) is 20.1 Å². The number of nitrogens with zero attached hydrogens (tertiary/aromatic N) is 5. The summed E-state index contributed by atoms with van der Waals surface area (Å²) in [5, 5.41) is 9.63. The van der Waals surface area contributed by atoms with Crippen LogP contribution in [0.3, 0.4) is 0 Å². The van der Waals surface area contributed by atoms with Crippen molar-refractivity contribution >= 4 is 23.0 Å². The van der Waals surface area contributed by atoms with E-state index in [1.807, 2.05) is 16.5 Å². The number of carbonyl (C=O) groups is 1. The predicted octanol–water partition coefficient (Wildman–Crippen LogP) is 0.0805. The summed E-state index contributed by atoms with van der Waals surface area (Å²) in [6, 6.07) is 0. The Kier molecular flexibility index (Phi) is 4.87. The minimum atomic E-state index is -0.285. The van der Waals surface area contributed by atoms with Gasteiger partial charge in [0.1, 0.15) is 6.33 Å². The molecule has 9 heteroatoms. The first-order chi connectivity index (χ1) is 12.0. The number of fused-ring (bicyclic) bond motifs is 1. The summed E-state index contributed by atoms with van der Waals surface area (Å²) in [5.74, 6) is 0.104. The number of aromatic nitrogens is 4. The number of carbonyl (C=O) groups excluding carboxylic acids is 1. The standard InChI is InChI=1S/C16H23N5O4/c1-11(15(23)24-3)4-20(2)13-12-14(18-9-17-13)21(10-19-12)5-16(6-22)7-25-8-16/h9-11,22H,4-8H2,1-3H3. The highest BCUT2D eigenvalue weighted by atomic mass is 16.5. The maximum Gasteiger partial charge on any atom is 0.310 e. The van der Waals surface area contributed by atoms with Gasteiger partial charge >= 0.3 is 5.97 Å². The van der Waals surface area contributed by atoms with Gasteiger partial charge in [0.2, 0.25) is 0 Å². The number of hydrogen-bond donors (Lipinski definition) is 1. The first kappa shape index (κ1) is 17.6. The number of ether oxygens (including phenoxy) is 2. The van der Waals surface area contributed by atoms with Gasteiger partial charge in [-0.25, -0.2) is 15.0 Å². The van der Waals surface area contributed by atoms with Gasteiger partial charge in [0.05, 0.1) is 44.6 Å². The molecule has 0 amide bonds. The number of anilines is 1. The number of esters is 1. The van der Waals surface area contributed by atoms with Crippen LogP contribution < -0.4 is 4.90 Å². The van der Waals surface area contributed by atoms with Crippen molar-refractivity contribution in [2.24, 2.45) is 11.3 Å². The average Bonchev–Trinajstić information content (AvgIpc) is 2.99. The van der Waals surface area contributed by atoms with Gasteiger partial charge < -0.3 is 24.0 Å². The fraction of sp³-hybridized carbons (Fsp3) is 0.625. The van der Waals surface area contributed by atoms with Crippen LogP contribution in [0, 0.1) is 11.3 Å². The minimum absolute atomic E-state index is 0.0567. The Morgan fingerprint density at radius 1 is 1.48 bits per heavy atom. The summed E-state index contributed by atoms with van der Waals surface area (Å²) < 4.78 is 11.9. The van der Waals surface area contributed by atoms with E-state index in [0.717, 1.165) is 0 Å².